The van der Waals surface area contributed by atoms with E-state index in [2.05, 4.69) is 10.1 Å². The quantitative estimate of drug-likeness (QED) is 0.422. The van der Waals surface area contributed by atoms with Crippen LogP contribution in [0.25, 0.3) is 0 Å². The fraction of sp³-hybridized carbons (Fsp3) is 0.389. The van der Waals surface area contributed by atoms with Crippen molar-refractivity contribution < 1.29 is 14.8 Å². The summed E-state index contributed by atoms with van der Waals surface area (Å²) in [4.78, 5) is 37.6. The van der Waals surface area contributed by atoms with Crippen molar-refractivity contribution in [3.05, 3.63) is 54.7 Å². The summed E-state index contributed by atoms with van der Waals surface area (Å²) in [6, 6.07) is 4.37. The monoisotopic (exact) mass is 403 g/mol. The largest absolute Gasteiger partial charge is 0.504 e. The Morgan fingerprint density at radius 3 is 2.69 bits per heavy atom. The lowest BCUT2D eigenvalue weighted by Gasteiger charge is -2.24. The molecule has 0 amide bonds. The number of nitro groups is 1. The van der Waals surface area contributed by atoms with Gasteiger partial charge in [-0.2, -0.15) is 5.10 Å². The molecule has 29 heavy (non-hydrogen) atoms. The molecule has 2 N–H and O–H groups in total. The van der Waals surface area contributed by atoms with Crippen molar-refractivity contribution >= 4 is 17.7 Å². The van der Waals surface area contributed by atoms with Crippen LogP contribution in [0.4, 0.5) is 11.5 Å². The highest BCUT2D eigenvalue weighted by atomic mass is 16.6. The zero-order valence-corrected chi connectivity index (χ0v) is 16.0. The van der Waals surface area contributed by atoms with Crippen LogP contribution in [-0.2, 0) is 7.05 Å². The molecule has 3 rings (SSSR count). The van der Waals surface area contributed by atoms with Gasteiger partial charge in [0.1, 0.15) is 0 Å². The van der Waals surface area contributed by atoms with Gasteiger partial charge in [0, 0.05) is 7.05 Å². The minimum absolute atomic E-state index is 0.0381. The van der Waals surface area contributed by atoms with Crippen molar-refractivity contribution in [3.8, 4) is 11.5 Å². The van der Waals surface area contributed by atoms with Gasteiger partial charge in [-0.25, -0.2) is 9.80 Å². The molecule has 2 aromatic rings. The highest BCUT2D eigenvalue weighted by Crippen LogP contribution is 2.31. The molecule has 1 aliphatic carbocycles. The lowest BCUT2D eigenvalue weighted by atomic mass is 10.2. The highest BCUT2D eigenvalue weighted by molar-refractivity contribution is 5.82. The minimum atomic E-state index is -1.00. The van der Waals surface area contributed by atoms with E-state index in [1.165, 1.54) is 31.4 Å². The molecule has 1 aromatic carbocycles. The smallest absolute Gasteiger partial charge is 0.376 e. The minimum Gasteiger partial charge on any atom is -0.504 e. The summed E-state index contributed by atoms with van der Waals surface area (Å²) >= 11 is 0. The number of nitrogens with zero attached hydrogens (tertiary/aromatic N) is 4. The second-order valence-electron chi connectivity index (χ2n) is 6.71. The van der Waals surface area contributed by atoms with Crippen LogP contribution < -0.4 is 21.0 Å². The van der Waals surface area contributed by atoms with Crippen LogP contribution in [0, 0.1) is 10.1 Å². The number of hydrazone groups is 1. The molecule has 154 valence electrons. The third kappa shape index (κ3) is 3.98. The summed E-state index contributed by atoms with van der Waals surface area (Å²) in [6.45, 7) is 0. The molecule has 0 aliphatic heterocycles. The fourth-order valence-corrected chi connectivity index (χ4v) is 3.31. The van der Waals surface area contributed by atoms with Gasteiger partial charge in [0.25, 0.3) is 0 Å². The number of rotatable bonds is 6. The van der Waals surface area contributed by atoms with E-state index in [1.54, 1.807) is 12.1 Å². The van der Waals surface area contributed by atoms with Gasteiger partial charge in [0.15, 0.2) is 11.5 Å². The van der Waals surface area contributed by atoms with Crippen LogP contribution >= 0.6 is 0 Å². The molecule has 0 bridgehead atoms. The van der Waals surface area contributed by atoms with E-state index < -0.39 is 21.9 Å². The third-order valence-electron chi connectivity index (χ3n) is 4.88. The number of hydrogen-bond acceptors (Lipinski definition) is 8. The molecular weight excluding hydrogens is 382 g/mol. The molecule has 11 heteroatoms. The number of nitrogens with one attached hydrogen (secondary N) is 1. The van der Waals surface area contributed by atoms with Crippen molar-refractivity contribution in [2.24, 2.45) is 12.1 Å². The number of ether oxygens (including phenoxy) is 1. The third-order valence-corrected chi connectivity index (χ3v) is 4.88. The Bertz CT molecular complexity index is 1070. The van der Waals surface area contributed by atoms with Crippen molar-refractivity contribution in [2.45, 2.75) is 31.7 Å². The normalized spacial score (nSPS) is 14.4. The number of hydrogen-bond donors (Lipinski definition) is 2. The summed E-state index contributed by atoms with van der Waals surface area (Å²) in [5.74, 6) is -0.0323. The number of methoxy groups -OCH3 is 1. The number of benzene rings is 1. The van der Waals surface area contributed by atoms with Gasteiger partial charge in [-0.15, -0.1) is 0 Å². The molecule has 1 fully saturated rings. The van der Waals surface area contributed by atoms with Crippen LogP contribution in [0.1, 0.15) is 31.2 Å². The maximum Gasteiger partial charge on any atom is 0.376 e. The Morgan fingerprint density at radius 2 is 2.07 bits per heavy atom. The van der Waals surface area contributed by atoms with Gasteiger partial charge in [-0.3, -0.25) is 24.5 Å². The van der Waals surface area contributed by atoms with Gasteiger partial charge in [0.05, 0.1) is 24.3 Å². The standard InChI is InChI=1S/C18H21N5O6/c1-21-17(25)15(23(27)28)16(20-18(21)26)22(12-5-3-4-6-12)19-10-11-7-8-13(24)14(9-11)29-2/h7-10,12,24H,3-6H2,1-2H3,(H,20,26). The average molecular weight is 403 g/mol. The maximum atomic E-state index is 12.3. The number of aromatic nitrogens is 2. The Kier molecular flexibility index (Phi) is 5.66. The summed E-state index contributed by atoms with van der Waals surface area (Å²) in [7, 11) is 2.58. The van der Waals surface area contributed by atoms with E-state index in [9.17, 15) is 24.8 Å². The van der Waals surface area contributed by atoms with Gasteiger partial charge in [-0.05, 0) is 36.6 Å². The Hall–Kier alpha value is -3.63. The van der Waals surface area contributed by atoms with Crippen molar-refractivity contribution in [1.29, 1.82) is 0 Å². The lowest BCUT2D eigenvalue weighted by molar-refractivity contribution is -0.386. The van der Waals surface area contributed by atoms with Crippen molar-refractivity contribution in [1.82, 2.24) is 9.55 Å². The summed E-state index contributed by atoms with van der Waals surface area (Å²) in [6.07, 6.45) is 4.67. The van der Waals surface area contributed by atoms with E-state index in [-0.39, 0.29) is 23.4 Å². The molecule has 0 unspecified atom stereocenters. The first-order chi connectivity index (χ1) is 13.8. The zero-order valence-electron chi connectivity index (χ0n) is 16.0. The molecular formula is C18H21N5O6. The van der Waals surface area contributed by atoms with Crippen LogP contribution in [0.2, 0.25) is 0 Å². The van der Waals surface area contributed by atoms with Gasteiger partial charge >= 0.3 is 16.9 Å². The highest BCUT2D eigenvalue weighted by Gasteiger charge is 2.32. The van der Waals surface area contributed by atoms with E-state index in [1.807, 2.05) is 0 Å². The summed E-state index contributed by atoms with van der Waals surface area (Å²) in [5.41, 5.74) is -1.94. The molecule has 0 saturated heterocycles. The van der Waals surface area contributed by atoms with Crippen molar-refractivity contribution in [3.63, 3.8) is 0 Å². The molecule has 0 atom stereocenters. The Balaban J connectivity index is 2.11. The van der Waals surface area contributed by atoms with Crippen LogP contribution in [-0.4, -0.2) is 38.9 Å². The van der Waals surface area contributed by atoms with Crippen LogP contribution in [0.5, 0.6) is 11.5 Å². The number of aromatic hydroxyl groups is 1. The summed E-state index contributed by atoms with van der Waals surface area (Å²) < 4.78 is 5.72. The first-order valence-corrected chi connectivity index (χ1v) is 9.01. The predicted octanol–water partition coefficient (Wildman–Crippen LogP) is 1.48. The van der Waals surface area contributed by atoms with E-state index >= 15 is 0 Å². The van der Waals surface area contributed by atoms with Crippen molar-refractivity contribution in [2.75, 3.05) is 12.1 Å². The van der Waals surface area contributed by atoms with Crippen LogP contribution in [0.3, 0.4) is 0 Å². The Morgan fingerprint density at radius 1 is 1.38 bits per heavy atom. The molecule has 1 aromatic heterocycles. The SMILES string of the molecule is COc1cc(C=NN(c2[nH]c(=O)n(C)c(=O)c2[N+](=O)[O-])C2CCCC2)ccc1O. The predicted molar refractivity (Wildman–Crippen MR) is 106 cm³/mol. The van der Waals surface area contributed by atoms with Gasteiger partial charge < -0.3 is 9.84 Å². The van der Waals surface area contributed by atoms with Gasteiger partial charge in [-0.1, -0.05) is 12.8 Å². The lowest BCUT2D eigenvalue weighted by Crippen LogP contribution is -2.39. The maximum absolute atomic E-state index is 12.3. The molecule has 11 nitrogen and oxygen atoms in total. The fourth-order valence-electron chi connectivity index (χ4n) is 3.31. The number of aromatic amines is 1. The molecule has 1 heterocycles. The van der Waals surface area contributed by atoms with E-state index in [0.717, 1.165) is 12.8 Å². The summed E-state index contributed by atoms with van der Waals surface area (Å²) in [5, 5.41) is 27.0. The molecule has 1 aliphatic rings. The first kappa shape index (κ1) is 20.1. The molecule has 0 spiro atoms. The second kappa shape index (κ2) is 8.17. The topological polar surface area (TPSA) is 143 Å². The molecule has 0 radical (unpaired) electrons. The number of phenols is 1. The van der Waals surface area contributed by atoms with Gasteiger partial charge in [0.2, 0.25) is 5.82 Å². The van der Waals surface area contributed by atoms with E-state index in [0.29, 0.717) is 23.0 Å². The average Bonchev–Trinajstić information content (AvgIpc) is 3.21. The molecule has 1 saturated carbocycles. The van der Waals surface area contributed by atoms with E-state index in [4.69, 9.17) is 4.74 Å². The van der Waals surface area contributed by atoms with Crippen LogP contribution in [0.15, 0.2) is 32.9 Å². The number of H-pyrrole nitrogens is 1. The Labute approximate surface area is 165 Å². The second-order valence-corrected chi connectivity index (χ2v) is 6.71. The first-order valence-electron chi connectivity index (χ1n) is 9.01. The number of phenolic OH excluding ortho intramolecular Hbond substituents is 1. The number of anilines is 1. The zero-order chi connectivity index (χ0) is 21.1.